The summed E-state index contributed by atoms with van der Waals surface area (Å²) in [5.41, 5.74) is 0. The minimum absolute atomic E-state index is 0. The molecule has 3 N–H and O–H groups in total. The second kappa shape index (κ2) is 16.9. The average Bonchev–Trinajstić information content (AvgIpc) is 2.39. The molecule has 0 radical (unpaired) electrons. The summed E-state index contributed by atoms with van der Waals surface area (Å²) in [7, 11) is 0. The van der Waals surface area contributed by atoms with E-state index in [2.05, 4.69) is 6.92 Å². The number of aliphatic hydroxyl groups is 3. The minimum atomic E-state index is -0.969. The summed E-state index contributed by atoms with van der Waals surface area (Å²) in [6, 6.07) is 0. The smallest absolute Gasteiger partial charge is 1.00 e. The Balaban J connectivity index is -0.00000144. The number of aliphatic hydroxyl groups excluding tert-OH is 3. The molecule has 4 heteroatoms. The molecule has 0 aromatic carbocycles. The predicted octanol–water partition coefficient (Wildman–Crippen LogP) is 0.128. The van der Waals surface area contributed by atoms with E-state index in [1.54, 1.807) is 0 Å². The maximum Gasteiger partial charge on any atom is 1.00 e. The van der Waals surface area contributed by atoms with Crippen LogP contribution in [-0.2, 0) is 0 Å². The van der Waals surface area contributed by atoms with Gasteiger partial charge in [-0.1, -0.05) is 71.1 Å². The summed E-state index contributed by atoms with van der Waals surface area (Å²) in [5, 5.41) is 27.3. The maximum absolute atomic E-state index is 9.43. The van der Waals surface area contributed by atoms with Crippen LogP contribution in [0.2, 0.25) is 0 Å². The van der Waals surface area contributed by atoms with Gasteiger partial charge < -0.3 is 16.7 Å². The summed E-state index contributed by atoms with van der Waals surface area (Å²) in [6.07, 6.45) is 11.5. The fraction of sp³-hybridized carbons (Fsp3) is 1.00. The molecule has 0 aliphatic heterocycles. The molecule has 0 aromatic heterocycles. The van der Waals surface area contributed by atoms with Crippen LogP contribution in [0.5, 0.6) is 0 Å². The van der Waals surface area contributed by atoms with E-state index in [-0.39, 0.29) is 37.6 Å². The van der Waals surface area contributed by atoms with Crippen LogP contribution in [0.1, 0.15) is 79.0 Å². The van der Waals surface area contributed by atoms with Crippen molar-refractivity contribution in [3.8, 4) is 0 Å². The van der Waals surface area contributed by atoms with Crippen LogP contribution in [0.15, 0.2) is 0 Å². The van der Waals surface area contributed by atoms with E-state index in [0.717, 1.165) is 12.8 Å². The largest absolute Gasteiger partial charge is 1.00 e. The molecule has 0 amide bonds. The molecule has 112 valence electrons. The van der Waals surface area contributed by atoms with Gasteiger partial charge in [0.25, 0.3) is 0 Å². The van der Waals surface area contributed by atoms with Crippen LogP contribution in [0.3, 0.4) is 0 Å². The Hall–Kier alpha value is 0.880. The van der Waals surface area contributed by atoms with Crippen molar-refractivity contribution in [1.82, 2.24) is 0 Å². The van der Waals surface area contributed by atoms with Crippen molar-refractivity contribution in [2.45, 2.75) is 89.8 Å². The molecule has 3 nitrogen and oxygen atoms in total. The van der Waals surface area contributed by atoms with Gasteiger partial charge in [-0.15, -0.1) is 0 Å². The van der Waals surface area contributed by atoms with Crippen molar-refractivity contribution < 1.29 is 46.3 Å². The minimum Gasteiger partial charge on any atom is -1.00 e. The maximum atomic E-state index is 9.43. The Kier molecular flexibility index (Phi) is 19.8. The fourth-order valence-electron chi connectivity index (χ4n) is 2.15. The summed E-state index contributed by atoms with van der Waals surface area (Å²) in [5.74, 6) is 0. The van der Waals surface area contributed by atoms with Crippen molar-refractivity contribution in [2.24, 2.45) is 0 Å². The van der Waals surface area contributed by atoms with Gasteiger partial charge in [0.15, 0.2) is 0 Å². The molecular weight excluding hydrogens is 251 g/mol. The molecule has 0 saturated carbocycles. The summed E-state index contributed by atoms with van der Waals surface area (Å²) in [4.78, 5) is 0. The molecule has 0 heterocycles. The fourth-order valence-corrected chi connectivity index (χ4v) is 2.15. The van der Waals surface area contributed by atoms with Gasteiger partial charge in [0, 0.05) is 0 Å². The van der Waals surface area contributed by atoms with Gasteiger partial charge in [-0.3, -0.25) is 0 Å². The monoisotopic (exact) mass is 284 g/mol. The normalized spacial score (nSPS) is 13.9. The molecule has 19 heavy (non-hydrogen) atoms. The molecule has 0 aliphatic carbocycles. The molecule has 0 spiro atoms. The quantitative estimate of drug-likeness (QED) is 0.333. The summed E-state index contributed by atoms with van der Waals surface area (Å²) >= 11 is 0. The second-order valence-electron chi connectivity index (χ2n) is 5.29. The van der Waals surface area contributed by atoms with Gasteiger partial charge in [0.2, 0.25) is 0 Å². The predicted molar refractivity (Wildman–Crippen MR) is 76.7 cm³/mol. The van der Waals surface area contributed by atoms with Crippen molar-refractivity contribution in [3.05, 3.63) is 0 Å². The topological polar surface area (TPSA) is 60.7 Å². The molecule has 0 aromatic rings. The first-order valence-corrected chi connectivity index (χ1v) is 7.69. The van der Waals surface area contributed by atoms with Gasteiger partial charge in [0.1, 0.15) is 6.10 Å². The first kappa shape index (κ1) is 22.2. The van der Waals surface area contributed by atoms with Crippen LogP contribution in [0.4, 0.5) is 0 Å². The zero-order valence-electron chi connectivity index (χ0n) is 14.0. The van der Waals surface area contributed by atoms with Crippen LogP contribution < -0.4 is 29.6 Å². The molecule has 0 saturated heterocycles. The van der Waals surface area contributed by atoms with E-state index in [1.807, 2.05) is 0 Å². The van der Waals surface area contributed by atoms with E-state index < -0.39 is 12.2 Å². The number of hydrogen-bond donors (Lipinski definition) is 3. The third kappa shape index (κ3) is 15.1. The van der Waals surface area contributed by atoms with Crippen LogP contribution in [0, 0.1) is 0 Å². The van der Waals surface area contributed by atoms with Crippen LogP contribution >= 0.6 is 0 Å². The van der Waals surface area contributed by atoms with Crippen LogP contribution in [-0.4, -0.2) is 34.1 Å². The van der Waals surface area contributed by atoms with Crippen LogP contribution in [0.25, 0.3) is 0 Å². The Morgan fingerprint density at radius 3 is 1.58 bits per heavy atom. The van der Waals surface area contributed by atoms with E-state index in [1.165, 1.54) is 51.4 Å². The second-order valence-corrected chi connectivity index (χ2v) is 5.29. The third-order valence-corrected chi connectivity index (χ3v) is 3.48. The molecule has 0 bridgehead atoms. The van der Waals surface area contributed by atoms with Gasteiger partial charge in [-0.05, 0) is 6.42 Å². The van der Waals surface area contributed by atoms with E-state index in [4.69, 9.17) is 10.2 Å². The molecule has 0 aliphatic rings. The van der Waals surface area contributed by atoms with E-state index >= 15 is 0 Å². The molecule has 0 fully saturated rings. The third-order valence-electron chi connectivity index (χ3n) is 3.48. The van der Waals surface area contributed by atoms with Crippen molar-refractivity contribution >= 4 is 0 Å². The zero-order valence-corrected chi connectivity index (χ0v) is 15.0. The van der Waals surface area contributed by atoms with E-state index in [9.17, 15) is 5.11 Å². The standard InChI is InChI=1S/C15H32O3.Na.H/c1-2-3-4-5-6-7-8-9-10-11-12-14(17)15(18)13-16;;/h14-18H,2-13H2,1H3;;/q;+1;-1. The van der Waals surface area contributed by atoms with Gasteiger partial charge in [-0.2, -0.15) is 0 Å². The van der Waals surface area contributed by atoms with Gasteiger partial charge in [0.05, 0.1) is 12.7 Å². The first-order valence-electron chi connectivity index (χ1n) is 7.69. The Morgan fingerprint density at radius 1 is 0.737 bits per heavy atom. The van der Waals surface area contributed by atoms with Crippen molar-refractivity contribution in [3.63, 3.8) is 0 Å². The SMILES string of the molecule is CCCCCCCCCCCCC(O)C(O)CO.[H-].[Na+]. The van der Waals surface area contributed by atoms with Crippen molar-refractivity contribution in [1.29, 1.82) is 0 Å². The summed E-state index contributed by atoms with van der Waals surface area (Å²) in [6.45, 7) is 1.89. The molecular formula is C15H33NaO3. The van der Waals surface area contributed by atoms with Gasteiger partial charge >= 0.3 is 29.6 Å². The Labute approximate surface area is 142 Å². The Bertz CT molecular complexity index is 173. The van der Waals surface area contributed by atoms with E-state index in [0.29, 0.717) is 6.42 Å². The number of hydrogen-bond acceptors (Lipinski definition) is 3. The molecule has 2 atom stereocenters. The Morgan fingerprint density at radius 2 is 1.16 bits per heavy atom. The average molecular weight is 284 g/mol. The number of unbranched alkanes of at least 4 members (excludes halogenated alkanes) is 9. The van der Waals surface area contributed by atoms with Gasteiger partial charge in [-0.25, -0.2) is 0 Å². The zero-order chi connectivity index (χ0) is 13.6. The number of rotatable bonds is 13. The first-order chi connectivity index (χ1) is 8.72. The molecule has 2 unspecified atom stereocenters. The summed E-state index contributed by atoms with van der Waals surface area (Å²) < 4.78 is 0. The van der Waals surface area contributed by atoms with Crippen molar-refractivity contribution in [2.75, 3.05) is 6.61 Å². The molecule has 0 rings (SSSR count).